The fraction of sp³-hybridized carbons (Fsp3) is 0.571. The molecule has 1 aromatic rings. The molecular formula is C14H21N3OS. The van der Waals surface area contributed by atoms with E-state index >= 15 is 0 Å². The third-order valence-electron chi connectivity index (χ3n) is 3.58. The lowest BCUT2D eigenvalue weighted by Gasteiger charge is -2.27. The first-order valence-electron chi connectivity index (χ1n) is 6.65. The number of nitrogens with zero attached hydrogens (tertiary/aromatic N) is 2. The predicted octanol–water partition coefficient (Wildman–Crippen LogP) is 2.13. The van der Waals surface area contributed by atoms with Gasteiger partial charge < -0.3 is 9.88 Å². The minimum Gasteiger partial charge on any atom is -0.302 e. The highest BCUT2D eigenvalue weighted by Gasteiger charge is 2.12. The second kappa shape index (κ2) is 6.39. The average Bonchev–Trinajstić information content (AvgIpc) is 2.38. The maximum atomic E-state index is 11.6. The summed E-state index contributed by atoms with van der Waals surface area (Å²) in [5.41, 5.74) is 2.87. The van der Waals surface area contributed by atoms with E-state index in [1.807, 2.05) is 6.92 Å². The molecule has 1 aliphatic rings. The molecule has 0 saturated carbocycles. The summed E-state index contributed by atoms with van der Waals surface area (Å²) >= 11 is 1.62. The van der Waals surface area contributed by atoms with E-state index < -0.39 is 0 Å². The molecule has 0 unspecified atom stereocenters. The first kappa shape index (κ1) is 14.3. The van der Waals surface area contributed by atoms with Crippen LogP contribution in [0.5, 0.6) is 0 Å². The van der Waals surface area contributed by atoms with E-state index in [1.54, 1.807) is 18.7 Å². The van der Waals surface area contributed by atoms with Crippen molar-refractivity contribution in [1.82, 2.24) is 14.9 Å². The summed E-state index contributed by atoms with van der Waals surface area (Å²) in [6.45, 7) is 11.0. The summed E-state index contributed by atoms with van der Waals surface area (Å²) in [5.74, 6) is 0.956. The van der Waals surface area contributed by atoms with Crippen molar-refractivity contribution in [3.8, 4) is 0 Å². The van der Waals surface area contributed by atoms with Crippen LogP contribution in [0, 0.1) is 13.8 Å². The van der Waals surface area contributed by atoms with Crippen molar-refractivity contribution in [2.24, 2.45) is 0 Å². The molecule has 0 atom stereocenters. The number of aromatic nitrogens is 2. The lowest BCUT2D eigenvalue weighted by atomic mass is 10.1. The number of likely N-dealkylation sites (tertiary alicyclic amines) is 1. The standard InChI is InChI=1S/C14H21N3OS/c1-10-4-6-17(7-5-10)8-9-19-14-15-12(3)11(2)13(18)16-14/h1,4-9H2,2-3H3,(H,15,16,18). The molecule has 2 rings (SSSR count). The number of hydrogen-bond acceptors (Lipinski definition) is 4. The summed E-state index contributed by atoms with van der Waals surface area (Å²) in [4.78, 5) is 21.3. The number of H-pyrrole nitrogens is 1. The molecule has 104 valence electrons. The monoisotopic (exact) mass is 279 g/mol. The molecule has 0 bridgehead atoms. The van der Waals surface area contributed by atoms with E-state index in [0.29, 0.717) is 5.56 Å². The molecule has 1 fully saturated rings. The minimum atomic E-state index is -0.0238. The third-order valence-corrected chi connectivity index (χ3v) is 4.44. The van der Waals surface area contributed by atoms with Gasteiger partial charge in [0, 0.05) is 36.6 Å². The van der Waals surface area contributed by atoms with E-state index in [2.05, 4.69) is 21.4 Å². The van der Waals surface area contributed by atoms with Crippen LogP contribution < -0.4 is 5.56 Å². The second-order valence-corrected chi connectivity index (χ2v) is 6.11. The molecule has 1 aromatic heterocycles. The van der Waals surface area contributed by atoms with Crippen molar-refractivity contribution in [1.29, 1.82) is 0 Å². The lowest BCUT2D eigenvalue weighted by Crippen LogP contribution is -2.32. The summed E-state index contributed by atoms with van der Waals surface area (Å²) in [7, 11) is 0. The first-order chi connectivity index (χ1) is 9.06. The normalized spacial score (nSPS) is 16.8. The van der Waals surface area contributed by atoms with Gasteiger partial charge in [0.2, 0.25) is 0 Å². The summed E-state index contributed by atoms with van der Waals surface area (Å²) in [5, 5.41) is 0.731. The Morgan fingerprint density at radius 3 is 2.68 bits per heavy atom. The van der Waals surface area contributed by atoms with Gasteiger partial charge in [-0.25, -0.2) is 4.98 Å². The quantitative estimate of drug-likeness (QED) is 0.521. The van der Waals surface area contributed by atoms with Crippen molar-refractivity contribution < 1.29 is 0 Å². The Morgan fingerprint density at radius 2 is 2.05 bits per heavy atom. The van der Waals surface area contributed by atoms with Gasteiger partial charge in [0.1, 0.15) is 0 Å². The SMILES string of the molecule is C=C1CCN(CCSc2nc(C)c(C)c(=O)[nH]2)CC1. The summed E-state index contributed by atoms with van der Waals surface area (Å²) < 4.78 is 0. The molecule has 4 nitrogen and oxygen atoms in total. The van der Waals surface area contributed by atoms with Gasteiger partial charge in [-0.05, 0) is 26.7 Å². The topological polar surface area (TPSA) is 49.0 Å². The van der Waals surface area contributed by atoms with Gasteiger partial charge in [-0.2, -0.15) is 0 Å². The number of nitrogens with one attached hydrogen (secondary N) is 1. The van der Waals surface area contributed by atoms with Crippen LogP contribution in [-0.2, 0) is 0 Å². The highest BCUT2D eigenvalue weighted by atomic mass is 32.2. The zero-order valence-electron chi connectivity index (χ0n) is 11.7. The molecule has 1 aliphatic heterocycles. The Bertz CT molecular complexity index is 514. The Morgan fingerprint density at radius 1 is 1.37 bits per heavy atom. The molecule has 2 heterocycles. The fourth-order valence-electron chi connectivity index (χ4n) is 2.05. The van der Waals surface area contributed by atoms with Crippen molar-refractivity contribution in [3.63, 3.8) is 0 Å². The van der Waals surface area contributed by atoms with E-state index in [4.69, 9.17) is 0 Å². The molecule has 5 heteroatoms. The van der Waals surface area contributed by atoms with Gasteiger partial charge in [-0.1, -0.05) is 23.9 Å². The van der Waals surface area contributed by atoms with Crippen LogP contribution in [0.1, 0.15) is 24.1 Å². The predicted molar refractivity (Wildman–Crippen MR) is 79.9 cm³/mol. The van der Waals surface area contributed by atoms with Crippen LogP contribution in [0.2, 0.25) is 0 Å². The summed E-state index contributed by atoms with van der Waals surface area (Å²) in [6, 6.07) is 0. The first-order valence-corrected chi connectivity index (χ1v) is 7.64. The number of piperidine rings is 1. The largest absolute Gasteiger partial charge is 0.302 e. The minimum absolute atomic E-state index is 0.0238. The van der Waals surface area contributed by atoms with Gasteiger partial charge in [0.25, 0.3) is 5.56 Å². The fourth-order valence-corrected chi connectivity index (χ4v) is 2.96. The number of rotatable bonds is 4. The van der Waals surface area contributed by atoms with Crippen LogP contribution in [-0.4, -0.2) is 40.3 Å². The molecule has 0 radical (unpaired) electrons. The van der Waals surface area contributed by atoms with Crippen LogP contribution in [0.15, 0.2) is 22.1 Å². The van der Waals surface area contributed by atoms with Gasteiger partial charge in [0.15, 0.2) is 5.16 Å². The van der Waals surface area contributed by atoms with Gasteiger partial charge in [-0.3, -0.25) is 4.79 Å². The molecule has 0 amide bonds. The number of hydrogen-bond donors (Lipinski definition) is 1. The van der Waals surface area contributed by atoms with Crippen LogP contribution in [0.3, 0.4) is 0 Å². The van der Waals surface area contributed by atoms with E-state index in [-0.39, 0.29) is 5.56 Å². The molecule has 19 heavy (non-hydrogen) atoms. The van der Waals surface area contributed by atoms with Crippen molar-refractivity contribution in [2.45, 2.75) is 31.8 Å². The molecule has 0 spiro atoms. The number of thioether (sulfide) groups is 1. The summed E-state index contributed by atoms with van der Waals surface area (Å²) in [6.07, 6.45) is 2.23. The van der Waals surface area contributed by atoms with Crippen molar-refractivity contribution >= 4 is 11.8 Å². The zero-order chi connectivity index (χ0) is 13.8. The van der Waals surface area contributed by atoms with Gasteiger partial charge in [0.05, 0.1) is 0 Å². The van der Waals surface area contributed by atoms with Crippen molar-refractivity contribution in [3.05, 3.63) is 33.8 Å². The van der Waals surface area contributed by atoms with Crippen molar-refractivity contribution in [2.75, 3.05) is 25.4 Å². The Labute approximate surface area is 118 Å². The molecule has 0 aliphatic carbocycles. The van der Waals surface area contributed by atoms with Gasteiger partial charge in [-0.15, -0.1) is 0 Å². The number of aryl methyl sites for hydroxylation is 1. The lowest BCUT2D eigenvalue weighted by molar-refractivity contribution is 0.272. The van der Waals surface area contributed by atoms with Crippen LogP contribution in [0.25, 0.3) is 0 Å². The molecule has 1 saturated heterocycles. The van der Waals surface area contributed by atoms with Crippen LogP contribution >= 0.6 is 11.8 Å². The van der Waals surface area contributed by atoms with E-state index in [0.717, 1.165) is 49.1 Å². The maximum absolute atomic E-state index is 11.6. The molecule has 1 N–H and O–H groups in total. The highest BCUT2D eigenvalue weighted by molar-refractivity contribution is 7.99. The maximum Gasteiger partial charge on any atom is 0.254 e. The molecule has 0 aromatic carbocycles. The Balaban J connectivity index is 1.83. The van der Waals surface area contributed by atoms with Crippen LogP contribution in [0.4, 0.5) is 0 Å². The number of aromatic amines is 1. The average molecular weight is 279 g/mol. The van der Waals surface area contributed by atoms with E-state index in [1.165, 1.54) is 5.57 Å². The Kier molecular flexibility index (Phi) is 4.82. The second-order valence-electron chi connectivity index (χ2n) is 5.02. The third kappa shape index (κ3) is 3.94. The highest BCUT2D eigenvalue weighted by Crippen LogP contribution is 2.16. The Hall–Kier alpha value is -1.07. The smallest absolute Gasteiger partial charge is 0.254 e. The zero-order valence-corrected chi connectivity index (χ0v) is 12.5. The van der Waals surface area contributed by atoms with E-state index in [9.17, 15) is 4.79 Å². The molecular weight excluding hydrogens is 258 g/mol. The van der Waals surface area contributed by atoms with Gasteiger partial charge >= 0.3 is 0 Å².